The van der Waals surface area contributed by atoms with E-state index < -0.39 is 11.7 Å². The number of alkyl halides is 3. The van der Waals surface area contributed by atoms with E-state index in [4.69, 9.17) is 5.10 Å². The topological polar surface area (TPSA) is 51.0 Å². The first-order valence-electron chi connectivity index (χ1n) is 9.22. The van der Waals surface area contributed by atoms with Crippen LogP contribution in [0.5, 0.6) is 0 Å². The van der Waals surface area contributed by atoms with E-state index in [2.05, 4.69) is 11.6 Å². The molecule has 0 radical (unpaired) electrons. The van der Waals surface area contributed by atoms with E-state index in [1.54, 1.807) is 11.1 Å². The summed E-state index contributed by atoms with van der Waals surface area (Å²) in [6.07, 6.45) is -0.649. The van der Waals surface area contributed by atoms with E-state index in [-0.39, 0.29) is 11.9 Å². The summed E-state index contributed by atoms with van der Waals surface area (Å²) in [7, 11) is 0. The Bertz CT molecular complexity index is 1090. The normalized spacial score (nSPS) is 17.1. The van der Waals surface area contributed by atoms with Crippen molar-refractivity contribution in [1.29, 1.82) is 0 Å². The second-order valence-corrected chi connectivity index (χ2v) is 7.18. The predicted octanol–water partition coefficient (Wildman–Crippen LogP) is 4.38. The lowest BCUT2D eigenvalue weighted by molar-refractivity contribution is -0.137. The number of carbonyl (C=O) groups excluding carboxylic acids is 1. The van der Waals surface area contributed by atoms with Crippen LogP contribution in [0.2, 0.25) is 0 Å². The summed E-state index contributed by atoms with van der Waals surface area (Å²) in [5, 5.41) is 4.70. The van der Waals surface area contributed by atoms with Crippen LogP contribution in [-0.2, 0) is 11.0 Å². The minimum Gasteiger partial charge on any atom is -0.337 e. The first-order chi connectivity index (χ1) is 13.8. The van der Waals surface area contributed by atoms with Gasteiger partial charge in [-0.2, -0.15) is 18.3 Å². The Morgan fingerprint density at radius 1 is 1.28 bits per heavy atom. The third kappa shape index (κ3) is 3.50. The zero-order chi connectivity index (χ0) is 20.8. The third-order valence-electron chi connectivity index (χ3n) is 5.16. The van der Waals surface area contributed by atoms with Crippen molar-refractivity contribution in [3.63, 3.8) is 0 Å². The largest absolute Gasteiger partial charge is 0.416 e. The first-order valence-corrected chi connectivity index (χ1v) is 9.22. The second kappa shape index (κ2) is 7.02. The van der Waals surface area contributed by atoms with Gasteiger partial charge in [0.1, 0.15) is 11.2 Å². The number of aryl methyl sites for hydroxylation is 1. The SMILES string of the molecule is C=CC(=O)N1CCC(n2nc(-c3ccc(C(F)(F)F)cc3)c3ncc(C)cc32)C1. The number of halogens is 3. The van der Waals surface area contributed by atoms with E-state index in [1.807, 2.05) is 17.7 Å². The van der Waals surface area contributed by atoms with Crippen molar-refractivity contribution in [2.75, 3.05) is 13.1 Å². The molecule has 5 nitrogen and oxygen atoms in total. The Balaban J connectivity index is 1.77. The molecule has 0 bridgehead atoms. The molecule has 3 heterocycles. The molecule has 150 valence electrons. The van der Waals surface area contributed by atoms with Crippen molar-refractivity contribution in [3.05, 3.63) is 60.3 Å². The molecule has 0 aliphatic carbocycles. The van der Waals surface area contributed by atoms with E-state index in [0.717, 1.165) is 29.6 Å². The number of fused-ring (bicyclic) bond motifs is 1. The predicted molar refractivity (Wildman–Crippen MR) is 103 cm³/mol. The lowest BCUT2D eigenvalue weighted by atomic mass is 10.1. The second-order valence-electron chi connectivity index (χ2n) is 7.18. The van der Waals surface area contributed by atoms with Crippen LogP contribution in [0.25, 0.3) is 22.3 Å². The molecule has 3 aromatic rings. The quantitative estimate of drug-likeness (QED) is 0.613. The summed E-state index contributed by atoms with van der Waals surface area (Å²) in [5.41, 5.74) is 2.77. The van der Waals surface area contributed by atoms with Gasteiger partial charge in [0.25, 0.3) is 0 Å². The molecule has 1 aliphatic rings. The highest BCUT2D eigenvalue weighted by Gasteiger charge is 2.31. The summed E-state index contributed by atoms with van der Waals surface area (Å²) >= 11 is 0. The number of amides is 1. The highest BCUT2D eigenvalue weighted by Crippen LogP contribution is 2.34. The van der Waals surface area contributed by atoms with Gasteiger partial charge >= 0.3 is 6.18 Å². The van der Waals surface area contributed by atoms with Crippen molar-refractivity contribution in [1.82, 2.24) is 19.7 Å². The molecule has 1 fully saturated rings. The molecule has 0 spiro atoms. The fourth-order valence-corrected chi connectivity index (χ4v) is 3.68. The van der Waals surface area contributed by atoms with Crippen molar-refractivity contribution >= 4 is 16.9 Å². The molecule has 4 rings (SSSR count). The molecule has 1 amide bonds. The van der Waals surface area contributed by atoms with Gasteiger partial charge in [-0.15, -0.1) is 0 Å². The number of hydrogen-bond acceptors (Lipinski definition) is 3. The molecule has 1 aromatic carbocycles. The van der Waals surface area contributed by atoms with Crippen LogP contribution < -0.4 is 0 Å². The van der Waals surface area contributed by atoms with Crippen LogP contribution in [0, 0.1) is 6.92 Å². The summed E-state index contributed by atoms with van der Waals surface area (Å²) in [4.78, 5) is 18.1. The molecule has 1 unspecified atom stereocenters. The fraction of sp³-hybridized carbons (Fsp3) is 0.286. The van der Waals surface area contributed by atoms with Gasteiger partial charge in [0.05, 0.1) is 17.1 Å². The molecule has 1 atom stereocenters. The maximum absolute atomic E-state index is 12.9. The summed E-state index contributed by atoms with van der Waals surface area (Å²) in [5.74, 6) is -0.124. The maximum Gasteiger partial charge on any atom is 0.416 e. The molecule has 0 N–H and O–H groups in total. The van der Waals surface area contributed by atoms with Gasteiger partial charge in [-0.05, 0) is 43.2 Å². The lowest BCUT2D eigenvalue weighted by Crippen LogP contribution is -2.27. The lowest BCUT2D eigenvalue weighted by Gasteiger charge is -2.15. The van der Waals surface area contributed by atoms with E-state index >= 15 is 0 Å². The molecule has 1 aliphatic heterocycles. The summed E-state index contributed by atoms with van der Waals surface area (Å²) in [6, 6.07) is 6.86. The van der Waals surface area contributed by atoms with Crippen molar-refractivity contribution in [3.8, 4) is 11.3 Å². The highest BCUT2D eigenvalue weighted by molar-refractivity contribution is 5.90. The molecule has 2 aromatic heterocycles. The number of hydrogen-bond donors (Lipinski definition) is 0. The van der Waals surface area contributed by atoms with Gasteiger partial charge in [-0.3, -0.25) is 14.5 Å². The Hall–Kier alpha value is -3.16. The van der Waals surface area contributed by atoms with E-state index in [9.17, 15) is 18.0 Å². The number of carbonyl (C=O) groups is 1. The van der Waals surface area contributed by atoms with Crippen LogP contribution >= 0.6 is 0 Å². The average molecular weight is 400 g/mol. The Morgan fingerprint density at radius 2 is 2.00 bits per heavy atom. The number of pyridine rings is 1. The zero-order valence-corrected chi connectivity index (χ0v) is 15.8. The number of aromatic nitrogens is 3. The van der Waals surface area contributed by atoms with Crippen LogP contribution in [0.3, 0.4) is 0 Å². The average Bonchev–Trinajstić information content (AvgIpc) is 3.31. The maximum atomic E-state index is 12.9. The van der Waals surface area contributed by atoms with Crippen LogP contribution in [-0.4, -0.2) is 38.7 Å². The Morgan fingerprint density at radius 3 is 2.66 bits per heavy atom. The van der Waals surface area contributed by atoms with Crippen molar-refractivity contribution < 1.29 is 18.0 Å². The minimum atomic E-state index is -4.39. The fourth-order valence-electron chi connectivity index (χ4n) is 3.68. The van der Waals surface area contributed by atoms with Crippen molar-refractivity contribution in [2.45, 2.75) is 25.6 Å². The summed E-state index contributed by atoms with van der Waals surface area (Å²) in [6.45, 7) is 6.55. The van der Waals surface area contributed by atoms with Crippen LogP contribution in [0.4, 0.5) is 13.2 Å². The number of benzene rings is 1. The third-order valence-corrected chi connectivity index (χ3v) is 5.16. The van der Waals surface area contributed by atoms with Gasteiger partial charge in [-0.1, -0.05) is 18.7 Å². The van der Waals surface area contributed by atoms with Gasteiger partial charge in [0.2, 0.25) is 5.91 Å². The van der Waals surface area contributed by atoms with Gasteiger partial charge in [0.15, 0.2) is 0 Å². The summed E-state index contributed by atoms with van der Waals surface area (Å²) < 4.78 is 40.5. The van der Waals surface area contributed by atoms with Crippen LogP contribution in [0.15, 0.2) is 49.2 Å². The highest BCUT2D eigenvalue weighted by atomic mass is 19.4. The van der Waals surface area contributed by atoms with E-state index in [0.29, 0.717) is 29.9 Å². The molecule has 29 heavy (non-hydrogen) atoms. The van der Waals surface area contributed by atoms with Gasteiger partial charge in [0, 0.05) is 24.8 Å². The smallest absolute Gasteiger partial charge is 0.337 e. The first kappa shape index (κ1) is 19.2. The van der Waals surface area contributed by atoms with E-state index in [1.165, 1.54) is 18.2 Å². The number of rotatable bonds is 3. The van der Waals surface area contributed by atoms with Gasteiger partial charge < -0.3 is 4.90 Å². The van der Waals surface area contributed by atoms with Crippen molar-refractivity contribution in [2.24, 2.45) is 0 Å². The molecule has 1 saturated heterocycles. The molecular formula is C21H19F3N4O. The van der Waals surface area contributed by atoms with Gasteiger partial charge in [-0.25, -0.2) is 0 Å². The monoisotopic (exact) mass is 400 g/mol. The minimum absolute atomic E-state index is 0.0341. The van der Waals surface area contributed by atoms with Crippen LogP contribution in [0.1, 0.15) is 23.6 Å². The number of likely N-dealkylation sites (tertiary alicyclic amines) is 1. The molecule has 8 heteroatoms. The number of nitrogens with zero attached hydrogens (tertiary/aromatic N) is 4. The molecule has 0 saturated carbocycles. The molecular weight excluding hydrogens is 381 g/mol. The Labute approximate surface area is 165 Å². The standard InChI is InChI=1S/C21H19F3N4O/c1-3-18(29)27-9-8-16(12-27)28-17-10-13(2)11-25-20(17)19(26-28)14-4-6-15(7-5-14)21(22,23)24/h3-7,10-11,16H,1,8-9,12H2,2H3. The zero-order valence-electron chi connectivity index (χ0n) is 15.8. The Kier molecular flexibility index (Phi) is 4.64.